The lowest BCUT2D eigenvalue weighted by molar-refractivity contribution is -0.132. The maximum Gasteiger partial charge on any atom is 0.220 e. The molecule has 1 N–H and O–H groups in total. The Morgan fingerprint density at radius 3 is 2.39 bits per heavy atom. The normalized spacial score (nSPS) is 24.7. The number of carbonyl (C=O) groups is 1. The molecule has 7 nitrogen and oxygen atoms in total. The first-order valence-electron chi connectivity index (χ1n) is 12.4. The van der Waals surface area contributed by atoms with Gasteiger partial charge in [-0.3, -0.25) is 4.79 Å². The van der Waals surface area contributed by atoms with E-state index in [1.54, 1.807) is 0 Å². The van der Waals surface area contributed by atoms with Crippen molar-refractivity contribution in [2.24, 2.45) is 11.8 Å². The van der Waals surface area contributed by atoms with Gasteiger partial charge < -0.3 is 15.0 Å². The molecule has 33 heavy (non-hydrogen) atoms. The second-order valence-electron chi connectivity index (χ2n) is 10.4. The fourth-order valence-corrected chi connectivity index (χ4v) is 6.35. The minimum atomic E-state index is -3.15. The van der Waals surface area contributed by atoms with E-state index in [-0.39, 0.29) is 17.4 Å². The molecule has 3 heterocycles. The maximum absolute atomic E-state index is 12.6. The van der Waals surface area contributed by atoms with Crippen molar-refractivity contribution in [2.45, 2.75) is 64.0 Å². The molecule has 0 aromatic heterocycles. The van der Waals surface area contributed by atoms with Crippen LogP contribution in [0.5, 0.6) is 0 Å². The van der Waals surface area contributed by atoms with Crippen LogP contribution in [-0.2, 0) is 26.1 Å². The summed E-state index contributed by atoms with van der Waals surface area (Å²) in [6, 6.07) is 8.57. The number of rotatable bonds is 6. The van der Waals surface area contributed by atoms with Crippen molar-refractivity contribution in [2.75, 3.05) is 43.9 Å². The first-order valence-corrected chi connectivity index (χ1v) is 14.3. The fraction of sp³-hybridized carbons (Fsp3) is 0.720. The summed E-state index contributed by atoms with van der Waals surface area (Å²) in [7, 11) is -3.15. The number of ether oxygens (including phenoxy) is 1. The van der Waals surface area contributed by atoms with Crippen molar-refractivity contribution in [3.63, 3.8) is 0 Å². The smallest absolute Gasteiger partial charge is 0.220 e. The minimum Gasteiger partial charge on any atom is -0.375 e. The zero-order valence-corrected chi connectivity index (χ0v) is 20.9. The Kier molecular flexibility index (Phi) is 7.66. The number of benzene rings is 1. The molecule has 1 spiro atoms. The molecule has 0 radical (unpaired) electrons. The fourth-order valence-electron chi connectivity index (χ4n) is 5.50. The molecule has 1 aromatic carbocycles. The van der Waals surface area contributed by atoms with E-state index in [9.17, 15) is 13.2 Å². The van der Waals surface area contributed by atoms with Crippen LogP contribution < -0.4 is 10.2 Å². The highest BCUT2D eigenvalue weighted by atomic mass is 32.2. The molecule has 8 heteroatoms. The van der Waals surface area contributed by atoms with Gasteiger partial charge in [-0.1, -0.05) is 19.1 Å². The lowest BCUT2D eigenvalue weighted by Crippen LogP contribution is -2.50. The second-order valence-corrected chi connectivity index (χ2v) is 12.4. The Morgan fingerprint density at radius 2 is 1.76 bits per heavy atom. The third kappa shape index (κ3) is 6.49. The van der Waals surface area contributed by atoms with Crippen molar-refractivity contribution < 1.29 is 17.9 Å². The largest absolute Gasteiger partial charge is 0.375 e. The Labute approximate surface area is 198 Å². The predicted octanol–water partition coefficient (Wildman–Crippen LogP) is 3.15. The van der Waals surface area contributed by atoms with Crippen LogP contribution in [0.4, 0.5) is 5.69 Å². The molecular weight excluding hydrogens is 438 g/mol. The zero-order valence-electron chi connectivity index (χ0n) is 20.1. The number of piperidine rings is 2. The van der Waals surface area contributed by atoms with Crippen LogP contribution in [0.25, 0.3) is 0 Å². The van der Waals surface area contributed by atoms with Gasteiger partial charge >= 0.3 is 0 Å². The standard InChI is InChI=1S/C25H39N3O4S/c1-20-7-12-27(13-8-20)23-5-3-21(4-6-23)19-26-24(29)17-22-9-16-32-25(18-22)10-14-28(15-11-25)33(2,30)31/h3-6,20,22H,7-19H2,1-2H3,(H,26,29). The quantitative estimate of drug-likeness (QED) is 0.681. The highest BCUT2D eigenvalue weighted by molar-refractivity contribution is 7.88. The van der Waals surface area contributed by atoms with E-state index in [1.807, 2.05) is 0 Å². The summed E-state index contributed by atoms with van der Waals surface area (Å²) in [5.74, 6) is 1.19. The molecule has 3 aliphatic rings. The van der Waals surface area contributed by atoms with Crippen molar-refractivity contribution in [3.8, 4) is 0 Å². The zero-order chi connectivity index (χ0) is 23.5. The lowest BCUT2D eigenvalue weighted by Gasteiger charge is -2.45. The number of nitrogens with one attached hydrogen (secondary N) is 1. The van der Waals surface area contributed by atoms with Gasteiger partial charge in [0.2, 0.25) is 15.9 Å². The number of anilines is 1. The summed E-state index contributed by atoms with van der Waals surface area (Å²) in [5, 5.41) is 3.09. The average Bonchev–Trinajstić information content (AvgIpc) is 2.78. The van der Waals surface area contributed by atoms with E-state index in [0.717, 1.165) is 37.4 Å². The summed E-state index contributed by atoms with van der Waals surface area (Å²) >= 11 is 0. The predicted molar refractivity (Wildman–Crippen MR) is 131 cm³/mol. The number of nitrogens with zero attached hydrogens (tertiary/aromatic N) is 2. The third-order valence-electron chi connectivity index (χ3n) is 7.75. The first-order chi connectivity index (χ1) is 15.7. The SMILES string of the molecule is CC1CCN(c2ccc(CNC(=O)CC3CCOC4(CCN(S(C)(=O)=O)CC4)C3)cc2)CC1. The Bertz CT molecular complexity index is 902. The van der Waals surface area contributed by atoms with Gasteiger partial charge in [0, 0.05) is 51.4 Å². The van der Waals surface area contributed by atoms with E-state index in [0.29, 0.717) is 45.5 Å². The van der Waals surface area contributed by atoms with Crippen LogP contribution in [-0.4, -0.2) is 63.3 Å². The molecular formula is C25H39N3O4S. The molecule has 0 saturated carbocycles. The van der Waals surface area contributed by atoms with Crippen LogP contribution in [0.2, 0.25) is 0 Å². The number of carbonyl (C=O) groups excluding carboxylic acids is 1. The summed E-state index contributed by atoms with van der Waals surface area (Å²) in [6.07, 6.45) is 7.41. The van der Waals surface area contributed by atoms with E-state index < -0.39 is 10.0 Å². The molecule has 4 rings (SSSR count). The van der Waals surface area contributed by atoms with Gasteiger partial charge in [0.25, 0.3) is 0 Å². The van der Waals surface area contributed by atoms with Crippen LogP contribution in [0.1, 0.15) is 57.4 Å². The van der Waals surface area contributed by atoms with Gasteiger partial charge in [0.1, 0.15) is 0 Å². The molecule has 1 aromatic rings. The summed E-state index contributed by atoms with van der Waals surface area (Å²) in [4.78, 5) is 15.1. The second kappa shape index (κ2) is 10.3. The molecule has 1 amide bonds. The molecule has 3 saturated heterocycles. The van der Waals surface area contributed by atoms with Gasteiger partial charge in [-0.25, -0.2) is 12.7 Å². The van der Waals surface area contributed by atoms with Gasteiger partial charge in [-0.05, 0) is 68.1 Å². The van der Waals surface area contributed by atoms with E-state index in [2.05, 4.69) is 41.4 Å². The van der Waals surface area contributed by atoms with Crippen molar-refractivity contribution in [1.29, 1.82) is 0 Å². The van der Waals surface area contributed by atoms with Crippen LogP contribution >= 0.6 is 0 Å². The lowest BCUT2D eigenvalue weighted by atomic mass is 9.78. The van der Waals surface area contributed by atoms with Gasteiger partial charge in [-0.15, -0.1) is 0 Å². The summed E-state index contributed by atoms with van der Waals surface area (Å²) in [6.45, 7) is 6.77. The van der Waals surface area contributed by atoms with Crippen LogP contribution in [0, 0.1) is 11.8 Å². The molecule has 3 fully saturated rings. The highest BCUT2D eigenvalue weighted by Crippen LogP contribution is 2.39. The van der Waals surface area contributed by atoms with Crippen molar-refractivity contribution >= 4 is 21.6 Å². The Morgan fingerprint density at radius 1 is 1.09 bits per heavy atom. The van der Waals surface area contributed by atoms with Crippen molar-refractivity contribution in [3.05, 3.63) is 29.8 Å². The molecule has 1 atom stereocenters. The Balaban J connectivity index is 1.22. The molecule has 1 unspecified atom stereocenters. The highest BCUT2D eigenvalue weighted by Gasteiger charge is 2.42. The van der Waals surface area contributed by atoms with E-state index >= 15 is 0 Å². The first kappa shape index (κ1) is 24.5. The third-order valence-corrected chi connectivity index (χ3v) is 9.05. The Hall–Kier alpha value is -1.64. The van der Waals surface area contributed by atoms with Gasteiger partial charge in [-0.2, -0.15) is 0 Å². The average molecular weight is 478 g/mol. The number of sulfonamides is 1. The molecule has 0 bridgehead atoms. The molecule has 0 aliphatic carbocycles. The number of hydrogen-bond donors (Lipinski definition) is 1. The topological polar surface area (TPSA) is 79.0 Å². The summed E-state index contributed by atoms with van der Waals surface area (Å²) < 4.78 is 31.2. The van der Waals surface area contributed by atoms with Gasteiger partial charge in [0.15, 0.2) is 0 Å². The number of hydrogen-bond acceptors (Lipinski definition) is 5. The van der Waals surface area contributed by atoms with Crippen LogP contribution in [0.15, 0.2) is 24.3 Å². The number of amides is 1. The maximum atomic E-state index is 12.6. The van der Waals surface area contributed by atoms with Crippen LogP contribution in [0.3, 0.4) is 0 Å². The molecule has 184 valence electrons. The monoisotopic (exact) mass is 477 g/mol. The minimum absolute atomic E-state index is 0.0831. The van der Waals surface area contributed by atoms with Gasteiger partial charge in [0.05, 0.1) is 11.9 Å². The van der Waals surface area contributed by atoms with E-state index in [4.69, 9.17) is 4.74 Å². The van der Waals surface area contributed by atoms with E-state index in [1.165, 1.54) is 29.1 Å². The van der Waals surface area contributed by atoms with Crippen molar-refractivity contribution in [1.82, 2.24) is 9.62 Å². The molecule has 3 aliphatic heterocycles. The summed E-state index contributed by atoms with van der Waals surface area (Å²) in [5.41, 5.74) is 2.12.